The van der Waals surface area contributed by atoms with Gasteiger partial charge in [0.25, 0.3) is 0 Å². The monoisotopic (exact) mass is 749 g/mol. The molecule has 0 heterocycles. The van der Waals surface area contributed by atoms with Gasteiger partial charge >= 0.3 is 17.9 Å². The molecule has 308 valence electrons. The van der Waals surface area contributed by atoms with Gasteiger partial charge in [0.15, 0.2) is 12.1 Å². The molecule has 0 rings (SSSR count). The summed E-state index contributed by atoms with van der Waals surface area (Å²) in [5, 5.41) is 9.60. The van der Waals surface area contributed by atoms with Crippen molar-refractivity contribution in [1.29, 1.82) is 0 Å². The third-order valence-corrected chi connectivity index (χ3v) is 9.54. The van der Waals surface area contributed by atoms with Gasteiger partial charge in [-0.15, -0.1) is 0 Å². The molecular weight excluding hydrogens is 666 g/mol. The van der Waals surface area contributed by atoms with E-state index < -0.39 is 18.1 Å². The average Bonchev–Trinajstić information content (AvgIpc) is 3.11. The number of rotatable bonds is 38. The normalized spacial score (nSPS) is 13.3. The number of carboxylic acid groups (broad SMARTS) is 1. The second kappa shape index (κ2) is 36.5. The second-order valence-electron chi connectivity index (χ2n) is 15.6. The molecule has 0 radical (unpaired) electrons. The lowest BCUT2D eigenvalue weighted by Gasteiger charge is -2.31. The summed E-state index contributed by atoms with van der Waals surface area (Å²) in [4.78, 5) is 36.9. The van der Waals surface area contributed by atoms with Gasteiger partial charge in [-0.3, -0.25) is 9.59 Å². The zero-order valence-corrected chi connectivity index (χ0v) is 35.0. The molecule has 0 saturated carbocycles. The van der Waals surface area contributed by atoms with E-state index >= 15 is 0 Å². The van der Waals surface area contributed by atoms with E-state index in [1.165, 1.54) is 89.9 Å². The van der Waals surface area contributed by atoms with Crippen molar-refractivity contribution >= 4 is 17.9 Å². The van der Waals surface area contributed by atoms with Crippen LogP contribution >= 0.6 is 0 Å². The molecule has 0 aliphatic carbocycles. The number of aliphatic carboxylic acids is 1. The van der Waals surface area contributed by atoms with E-state index in [0.29, 0.717) is 19.3 Å². The Hall–Kier alpha value is -2.45. The fraction of sp³-hybridized carbons (Fsp3) is 0.800. The van der Waals surface area contributed by atoms with Gasteiger partial charge in [-0.25, -0.2) is 4.79 Å². The average molecular weight is 749 g/mol. The van der Waals surface area contributed by atoms with E-state index in [0.717, 1.165) is 57.8 Å². The summed E-state index contributed by atoms with van der Waals surface area (Å²) in [6.07, 6.45) is 40.4. The van der Waals surface area contributed by atoms with Crippen LogP contribution in [0.3, 0.4) is 0 Å². The number of unbranched alkanes of at least 4 members (excludes halogenated alkanes) is 19. The summed E-state index contributed by atoms with van der Waals surface area (Å²) in [6, 6.07) is -0.615. The summed E-state index contributed by atoms with van der Waals surface area (Å²) in [6.45, 7) is 4.65. The zero-order valence-electron chi connectivity index (χ0n) is 35.0. The Morgan fingerprint density at radius 3 is 1.53 bits per heavy atom. The van der Waals surface area contributed by atoms with Gasteiger partial charge in [-0.05, 0) is 57.8 Å². The van der Waals surface area contributed by atoms with Crippen LogP contribution in [0.1, 0.15) is 181 Å². The van der Waals surface area contributed by atoms with Crippen molar-refractivity contribution in [2.75, 3.05) is 41.0 Å². The number of quaternary nitrogens is 1. The highest BCUT2D eigenvalue weighted by molar-refractivity contribution is 5.72. The molecule has 0 aliphatic rings. The third-order valence-electron chi connectivity index (χ3n) is 9.54. The van der Waals surface area contributed by atoms with Crippen LogP contribution in [0.5, 0.6) is 0 Å². The van der Waals surface area contributed by atoms with Gasteiger partial charge < -0.3 is 23.8 Å². The Balaban J connectivity index is 4.28. The minimum atomic E-state index is -0.878. The molecule has 2 atom stereocenters. The van der Waals surface area contributed by atoms with Crippen molar-refractivity contribution in [2.24, 2.45) is 0 Å². The maximum absolute atomic E-state index is 12.6. The molecule has 0 amide bonds. The number of esters is 2. The van der Waals surface area contributed by atoms with Crippen LogP contribution in [0.2, 0.25) is 0 Å². The number of carbonyl (C=O) groups excluding carboxylic acids is 2. The van der Waals surface area contributed by atoms with Crippen LogP contribution in [-0.2, 0) is 28.6 Å². The van der Waals surface area contributed by atoms with Crippen LogP contribution in [0, 0.1) is 0 Å². The molecule has 0 aromatic rings. The number of nitrogens with zero attached hydrogens (tertiary/aromatic N) is 1. The highest BCUT2D eigenvalue weighted by Gasteiger charge is 2.31. The number of hydrogen-bond donors (Lipinski definition) is 1. The van der Waals surface area contributed by atoms with Gasteiger partial charge in [-0.2, -0.15) is 0 Å². The largest absolute Gasteiger partial charge is 0.477 e. The summed E-state index contributed by atoms with van der Waals surface area (Å²) in [5.74, 6) is -1.49. The Morgan fingerprint density at radius 1 is 0.566 bits per heavy atom. The van der Waals surface area contributed by atoms with E-state index in [-0.39, 0.29) is 36.2 Å². The van der Waals surface area contributed by atoms with Crippen molar-refractivity contribution in [3.63, 3.8) is 0 Å². The highest BCUT2D eigenvalue weighted by atomic mass is 16.6. The van der Waals surface area contributed by atoms with Gasteiger partial charge in [0.1, 0.15) is 6.61 Å². The molecule has 53 heavy (non-hydrogen) atoms. The summed E-state index contributed by atoms with van der Waals surface area (Å²) in [7, 11) is 5.52. The number of carbonyl (C=O) groups is 3. The van der Waals surface area contributed by atoms with Crippen molar-refractivity contribution in [3.8, 4) is 0 Å². The fourth-order valence-electron chi connectivity index (χ4n) is 6.12. The van der Waals surface area contributed by atoms with Crippen molar-refractivity contribution in [3.05, 3.63) is 36.5 Å². The Labute approximate surface area is 325 Å². The predicted molar refractivity (Wildman–Crippen MR) is 220 cm³/mol. The van der Waals surface area contributed by atoms with Gasteiger partial charge in [0.2, 0.25) is 0 Å². The summed E-state index contributed by atoms with van der Waals surface area (Å²) < 4.78 is 17.2. The van der Waals surface area contributed by atoms with E-state index in [1.807, 2.05) is 21.1 Å². The van der Waals surface area contributed by atoms with Crippen molar-refractivity contribution < 1.29 is 38.2 Å². The molecule has 0 spiro atoms. The number of carboxylic acids is 1. The number of allylic oxidation sites excluding steroid dienone is 6. The summed E-state index contributed by atoms with van der Waals surface area (Å²) in [5.41, 5.74) is 0. The van der Waals surface area contributed by atoms with Crippen LogP contribution in [0.15, 0.2) is 36.5 Å². The lowest BCUT2D eigenvalue weighted by atomic mass is 10.1. The minimum absolute atomic E-state index is 0.0563. The molecule has 0 aliphatic heterocycles. The quantitative estimate of drug-likeness (QED) is 0.0221. The van der Waals surface area contributed by atoms with Gasteiger partial charge in [-0.1, -0.05) is 140 Å². The third kappa shape index (κ3) is 35.0. The lowest BCUT2D eigenvalue weighted by molar-refractivity contribution is -0.887. The van der Waals surface area contributed by atoms with Crippen molar-refractivity contribution in [1.82, 2.24) is 0 Å². The first-order valence-corrected chi connectivity index (χ1v) is 21.5. The Bertz CT molecular complexity index is 968. The molecule has 0 aromatic heterocycles. The number of hydrogen-bond acceptors (Lipinski definition) is 6. The molecule has 1 N–H and O–H groups in total. The van der Waals surface area contributed by atoms with Crippen molar-refractivity contribution in [2.45, 2.75) is 193 Å². The maximum Gasteiger partial charge on any atom is 0.362 e. The SMILES string of the molecule is CCCC/C=C/CCCCCCC(=O)OC(COCCC(C(=O)O)[N+](C)(C)C)COC(=O)CCCCCCCCCCCC/C=C/C=C/CCCCC. The predicted octanol–water partition coefficient (Wildman–Crippen LogP) is 11.5. The first-order chi connectivity index (χ1) is 25.6. The fourth-order valence-corrected chi connectivity index (χ4v) is 6.12. The Morgan fingerprint density at radius 2 is 1.02 bits per heavy atom. The van der Waals surface area contributed by atoms with Gasteiger partial charge in [0, 0.05) is 19.3 Å². The Kier molecular flexibility index (Phi) is 34.8. The minimum Gasteiger partial charge on any atom is -0.477 e. The van der Waals surface area contributed by atoms with Crippen LogP contribution in [-0.4, -0.2) is 80.6 Å². The maximum atomic E-state index is 12.6. The second-order valence-corrected chi connectivity index (χ2v) is 15.6. The molecule has 8 nitrogen and oxygen atoms in total. The smallest absolute Gasteiger partial charge is 0.362 e. The van der Waals surface area contributed by atoms with E-state index in [4.69, 9.17) is 14.2 Å². The highest BCUT2D eigenvalue weighted by Crippen LogP contribution is 2.14. The van der Waals surface area contributed by atoms with Crippen LogP contribution < -0.4 is 0 Å². The van der Waals surface area contributed by atoms with E-state index in [9.17, 15) is 19.5 Å². The van der Waals surface area contributed by atoms with Gasteiger partial charge in [0.05, 0.1) is 34.4 Å². The van der Waals surface area contributed by atoms with E-state index in [2.05, 4.69) is 50.3 Å². The van der Waals surface area contributed by atoms with Crippen LogP contribution in [0.25, 0.3) is 0 Å². The summed E-state index contributed by atoms with van der Waals surface area (Å²) >= 11 is 0. The molecular formula is C45H82NO7+. The molecule has 0 fully saturated rings. The molecule has 0 saturated heterocycles. The van der Waals surface area contributed by atoms with Crippen LogP contribution in [0.4, 0.5) is 0 Å². The molecule has 2 unspecified atom stereocenters. The first-order valence-electron chi connectivity index (χ1n) is 21.5. The first kappa shape index (κ1) is 50.5. The topological polar surface area (TPSA) is 99.1 Å². The standard InChI is InChI=1S/C45H81NO7/c1-6-8-10-12-14-16-18-19-20-21-22-23-24-25-26-28-29-31-33-35-43(47)52-40-41(39-51-38-37-42(45(49)50)46(3,4)5)53-44(48)36-34-32-30-27-17-15-13-11-9-7-2/h13-16,18-19,41-42H,6-12,17,20-40H2,1-5H3/p+1/b15-13+,16-14+,19-18+. The molecule has 0 bridgehead atoms. The number of ether oxygens (including phenoxy) is 3. The lowest BCUT2D eigenvalue weighted by Crippen LogP contribution is -2.50. The molecule has 0 aromatic carbocycles. The van der Waals surface area contributed by atoms with E-state index in [1.54, 1.807) is 0 Å². The number of likely N-dealkylation sites (N-methyl/N-ethyl adjacent to an activating group) is 1. The molecule has 8 heteroatoms. The zero-order chi connectivity index (χ0) is 39.3.